The van der Waals surface area contributed by atoms with Crippen LogP contribution in [0.25, 0.3) is 0 Å². The van der Waals surface area contributed by atoms with Gasteiger partial charge in [-0.15, -0.1) is 21.9 Å². The number of aromatic amines is 2. The van der Waals surface area contributed by atoms with Gasteiger partial charge in [0.05, 0.1) is 39.6 Å². The second kappa shape index (κ2) is 19.3. The van der Waals surface area contributed by atoms with Gasteiger partial charge in [0, 0.05) is 29.4 Å². The Morgan fingerprint density at radius 1 is 0.869 bits per heavy atom. The molecule has 6 heterocycles. The Morgan fingerprint density at radius 3 is 2.15 bits per heavy atom. The standard InChI is InChI=1S/C21H23N2O6PS.C19H19N2O7PS/c1-5-14-9-23(21(31)22-19(14)24)20-13(3)12(2)17(28-20)11-27-30-26-10-15-7-6-8-16(25-4)18(15)29-30;1-3-12-9-21(19(30)20-18(12)22)16-8-7-14(27-16)11-26-29(23)25-10-13-5-4-6-15(24-2)17(13)28-29/h1,6-9,12-13,17,20H,10-11H2,2-4H3,(H,22,24,31);1,4-6,9,14,16,23H,7-8,10-11H2,2H3/p+1. The highest BCUT2D eigenvalue weighted by molar-refractivity contribution is 7.71. The molecule has 322 valence electrons. The molecule has 21 heteroatoms. The molecule has 2 aromatic carbocycles. The summed E-state index contributed by atoms with van der Waals surface area (Å²) in [7, 11) is -2.03. The molecular formula is C40H43N4O13P2S2+. The third-order valence-corrected chi connectivity index (χ3v) is 13.5. The summed E-state index contributed by atoms with van der Waals surface area (Å²) >= 11 is 10.5. The van der Waals surface area contributed by atoms with E-state index < -0.39 is 28.6 Å². The Kier molecular flexibility index (Phi) is 14.1. The van der Waals surface area contributed by atoms with Crippen LogP contribution in [-0.4, -0.2) is 63.6 Å². The molecule has 8 rings (SSSR count). The fraction of sp³-hybridized carbons (Fsp3) is 0.400. The fourth-order valence-corrected chi connectivity index (χ4v) is 9.80. The number of methoxy groups -OCH3 is 2. The van der Waals surface area contributed by atoms with E-state index in [9.17, 15) is 14.5 Å². The summed E-state index contributed by atoms with van der Waals surface area (Å²) < 4.78 is 60.9. The van der Waals surface area contributed by atoms with Crippen LogP contribution in [0.2, 0.25) is 0 Å². The number of H-pyrrole nitrogens is 2. The number of para-hydroxylation sites is 2. The Balaban J connectivity index is 0.000000184. The molecule has 8 unspecified atom stereocenters. The van der Waals surface area contributed by atoms with Gasteiger partial charge in [-0.1, -0.05) is 50.0 Å². The number of nitrogens with zero attached hydrogens (tertiary/aromatic N) is 2. The quantitative estimate of drug-likeness (QED) is 0.0857. The lowest BCUT2D eigenvalue weighted by atomic mass is 9.93. The van der Waals surface area contributed by atoms with Gasteiger partial charge in [0.25, 0.3) is 11.1 Å². The average Bonchev–Trinajstić information content (AvgIpc) is 3.85. The molecule has 0 aliphatic carbocycles. The monoisotopic (exact) mass is 913 g/mol. The van der Waals surface area contributed by atoms with Crippen molar-refractivity contribution in [3.8, 4) is 47.7 Å². The first-order valence-electron chi connectivity index (χ1n) is 19.0. The van der Waals surface area contributed by atoms with Crippen LogP contribution >= 0.6 is 41.2 Å². The molecule has 4 aliphatic rings. The number of benzene rings is 2. The molecule has 2 aromatic heterocycles. The normalized spacial score (nSPS) is 26.2. The maximum absolute atomic E-state index is 11.9. The maximum Gasteiger partial charge on any atom is 0.619 e. The highest BCUT2D eigenvalue weighted by atomic mass is 32.1. The lowest BCUT2D eigenvalue weighted by Crippen LogP contribution is -2.23. The van der Waals surface area contributed by atoms with Gasteiger partial charge < -0.3 is 23.5 Å². The fourth-order valence-electron chi connectivity index (χ4n) is 6.96. The van der Waals surface area contributed by atoms with Crippen LogP contribution < -0.4 is 29.6 Å². The van der Waals surface area contributed by atoms with Crippen LogP contribution in [0.3, 0.4) is 0 Å². The van der Waals surface area contributed by atoms with Crippen LogP contribution in [0.5, 0.6) is 23.0 Å². The van der Waals surface area contributed by atoms with Crippen LogP contribution in [0.1, 0.15) is 61.4 Å². The van der Waals surface area contributed by atoms with Crippen LogP contribution in [0.4, 0.5) is 0 Å². The molecule has 0 saturated carbocycles. The summed E-state index contributed by atoms with van der Waals surface area (Å²) in [5, 5.41) is 0. The maximum atomic E-state index is 11.9. The van der Waals surface area contributed by atoms with Crippen molar-refractivity contribution in [1.29, 1.82) is 0 Å². The van der Waals surface area contributed by atoms with E-state index in [1.54, 1.807) is 28.5 Å². The number of hydrogen-bond acceptors (Lipinski definition) is 15. The molecule has 2 saturated heterocycles. The number of ether oxygens (including phenoxy) is 4. The molecule has 0 spiro atoms. The van der Waals surface area contributed by atoms with Gasteiger partial charge in [0.1, 0.15) is 36.8 Å². The summed E-state index contributed by atoms with van der Waals surface area (Å²) in [6.45, 7) is 5.04. The SMILES string of the molecule is C#Cc1cn(C2CCC(CO[P+]3(O)OCc4cccc(OC)c4O3)O2)c(=S)[nH]c1=O.C#Cc1cn(C2OC(COP3OCc4cccc(OC)c4O3)C(C)C2C)c(=S)[nH]c1=O. The van der Waals surface area contributed by atoms with Crippen molar-refractivity contribution < 1.29 is 51.0 Å². The third-order valence-electron chi connectivity index (χ3n) is 10.5. The number of aromatic nitrogens is 4. The number of rotatable bonds is 10. The minimum Gasteiger partial charge on any atom is -0.493 e. The topological polar surface area (TPSA) is 188 Å². The van der Waals surface area contributed by atoms with Gasteiger partial charge in [-0.25, -0.2) is 0 Å². The van der Waals surface area contributed by atoms with Gasteiger partial charge in [-0.2, -0.15) is 4.89 Å². The second-order valence-corrected chi connectivity index (χ2v) is 17.7. The molecule has 8 atom stereocenters. The largest absolute Gasteiger partial charge is 0.619 e. The van der Waals surface area contributed by atoms with Gasteiger partial charge in [0.2, 0.25) is 5.75 Å². The Morgan fingerprint density at radius 2 is 1.49 bits per heavy atom. The van der Waals surface area contributed by atoms with Crippen LogP contribution in [0, 0.1) is 46.1 Å². The smallest absolute Gasteiger partial charge is 0.493 e. The van der Waals surface area contributed by atoms with Crippen molar-refractivity contribution in [3.63, 3.8) is 0 Å². The van der Waals surface area contributed by atoms with E-state index in [4.69, 9.17) is 83.4 Å². The first kappa shape index (κ1) is 44.6. The third kappa shape index (κ3) is 9.79. The van der Waals surface area contributed by atoms with Gasteiger partial charge in [-0.3, -0.25) is 42.3 Å². The summed E-state index contributed by atoms with van der Waals surface area (Å²) in [6, 6.07) is 11.0. The molecule has 2 fully saturated rings. The minimum atomic E-state index is -3.57. The predicted molar refractivity (Wildman–Crippen MR) is 228 cm³/mol. The van der Waals surface area contributed by atoms with E-state index in [1.165, 1.54) is 13.3 Å². The zero-order valence-corrected chi connectivity index (χ0v) is 36.9. The van der Waals surface area contributed by atoms with E-state index in [-0.39, 0.29) is 76.3 Å². The van der Waals surface area contributed by atoms with Crippen LogP contribution in [-0.2, 0) is 40.8 Å². The molecule has 0 bridgehead atoms. The van der Waals surface area contributed by atoms with Crippen LogP contribution in [0.15, 0.2) is 58.4 Å². The molecule has 17 nitrogen and oxygen atoms in total. The molecule has 61 heavy (non-hydrogen) atoms. The van der Waals surface area contributed by atoms with Crippen molar-refractivity contribution in [1.82, 2.24) is 19.1 Å². The Labute approximate surface area is 362 Å². The molecule has 0 radical (unpaired) electrons. The van der Waals surface area contributed by atoms with Gasteiger partial charge >= 0.3 is 16.8 Å². The summed E-state index contributed by atoms with van der Waals surface area (Å²) in [5.41, 5.74) is 1.26. The summed E-state index contributed by atoms with van der Waals surface area (Å²) in [5.74, 6) is 7.17. The van der Waals surface area contributed by atoms with Crippen molar-refractivity contribution in [2.45, 2.75) is 64.6 Å². The Bertz CT molecular complexity index is 2560. The zero-order valence-electron chi connectivity index (χ0n) is 33.4. The zero-order chi connectivity index (χ0) is 43.4. The average molecular weight is 914 g/mol. The molecule has 4 aromatic rings. The van der Waals surface area contributed by atoms with Crippen molar-refractivity contribution in [2.75, 3.05) is 27.4 Å². The molecular weight excluding hydrogens is 871 g/mol. The summed E-state index contributed by atoms with van der Waals surface area (Å²) in [6.07, 6.45) is 13.8. The van der Waals surface area contributed by atoms with E-state index >= 15 is 0 Å². The number of hydrogen-bond donors (Lipinski definition) is 3. The van der Waals surface area contributed by atoms with Crippen molar-refractivity contribution >= 4 is 41.2 Å². The molecule has 4 aliphatic heterocycles. The van der Waals surface area contributed by atoms with Crippen molar-refractivity contribution in [3.05, 3.63) is 101 Å². The van der Waals surface area contributed by atoms with E-state index in [0.29, 0.717) is 42.4 Å². The predicted octanol–water partition coefficient (Wildman–Crippen LogP) is 6.79. The lowest BCUT2D eigenvalue weighted by molar-refractivity contribution is -0.0349. The first-order chi connectivity index (χ1) is 29.3. The number of terminal acetylenes is 2. The first-order valence-corrected chi connectivity index (χ1v) is 22.4. The molecule has 0 amide bonds. The highest BCUT2D eigenvalue weighted by Gasteiger charge is 2.52. The molecule has 3 N–H and O–H groups in total. The van der Waals surface area contributed by atoms with E-state index in [2.05, 4.69) is 35.7 Å². The summed E-state index contributed by atoms with van der Waals surface area (Å²) in [4.78, 5) is 39.5. The second-order valence-electron chi connectivity index (χ2n) is 14.2. The van der Waals surface area contributed by atoms with Crippen molar-refractivity contribution in [2.24, 2.45) is 11.8 Å². The number of nitrogens with one attached hydrogen (secondary N) is 2. The van der Waals surface area contributed by atoms with Gasteiger partial charge in [-0.05, 0) is 55.3 Å². The number of fused-ring (bicyclic) bond motifs is 2. The van der Waals surface area contributed by atoms with E-state index in [0.717, 1.165) is 11.1 Å². The Hall–Kier alpha value is -4.46. The van der Waals surface area contributed by atoms with Gasteiger partial charge in [0.15, 0.2) is 26.8 Å². The lowest BCUT2D eigenvalue weighted by Gasteiger charge is -2.26. The highest BCUT2D eigenvalue weighted by Crippen LogP contribution is 2.63. The minimum absolute atomic E-state index is 0.0595. The van der Waals surface area contributed by atoms with E-state index in [1.807, 2.05) is 30.3 Å².